The van der Waals surface area contributed by atoms with Crippen molar-refractivity contribution < 1.29 is 13.9 Å². The first-order valence-electron chi connectivity index (χ1n) is 13.0. The lowest BCUT2D eigenvalue weighted by Crippen LogP contribution is -2.16. The van der Waals surface area contributed by atoms with Gasteiger partial charge in [0.2, 0.25) is 5.71 Å². The summed E-state index contributed by atoms with van der Waals surface area (Å²) in [4.78, 5) is 21.2. The van der Waals surface area contributed by atoms with E-state index in [-0.39, 0.29) is 0 Å². The van der Waals surface area contributed by atoms with E-state index in [4.69, 9.17) is 9.15 Å². The molecule has 0 bridgehead atoms. The molecule has 40 heavy (non-hydrogen) atoms. The number of nitrogens with one attached hydrogen (secondary N) is 2. The third kappa shape index (κ3) is 5.54. The largest absolute Gasteiger partial charge is 0.437 e. The summed E-state index contributed by atoms with van der Waals surface area (Å²) >= 11 is 0. The highest BCUT2D eigenvalue weighted by Crippen LogP contribution is 2.42. The zero-order chi connectivity index (χ0) is 27.1. The van der Waals surface area contributed by atoms with Crippen LogP contribution in [0.2, 0.25) is 0 Å². The third-order valence-corrected chi connectivity index (χ3v) is 6.45. The van der Waals surface area contributed by atoms with E-state index in [9.17, 15) is 4.79 Å². The number of aromatic nitrogens is 2. The summed E-state index contributed by atoms with van der Waals surface area (Å²) in [5, 5.41) is 7.09. The van der Waals surface area contributed by atoms with E-state index < -0.39 is 6.09 Å². The Hall–Kier alpha value is -5.43. The Morgan fingerprint density at radius 1 is 0.750 bits per heavy atom. The highest BCUT2D eigenvalue weighted by atomic mass is 16.6. The van der Waals surface area contributed by atoms with Gasteiger partial charge >= 0.3 is 6.09 Å². The Bertz CT molecular complexity index is 1720. The number of amides is 1. The lowest BCUT2D eigenvalue weighted by Gasteiger charge is -2.10. The minimum absolute atomic E-state index is 0.491. The number of nitrogens with zero attached hydrogens (tertiary/aromatic N) is 2. The molecular formula is C33H26N4O3. The highest BCUT2D eigenvalue weighted by Gasteiger charge is 2.21. The fourth-order valence-corrected chi connectivity index (χ4v) is 4.56. The first-order valence-corrected chi connectivity index (χ1v) is 13.0. The summed E-state index contributed by atoms with van der Waals surface area (Å²) in [5.41, 5.74) is 5.28. The van der Waals surface area contributed by atoms with Gasteiger partial charge in [-0.05, 0) is 41.8 Å². The number of carbonyl (C=O) groups excluding carboxylic acids is 1. The molecule has 6 rings (SSSR count). The second-order valence-corrected chi connectivity index (χ2v) is 9.14. The molecule has 0 unspecified atom stereocenters. The van der Waals surface area contributed by atoms with Crippen LogP contribution in [0, 0.1) is 0 Å². The van der Waals surface area contributed by atoms with Crippen LogP contribution < -0.4 is 15.4 Å². The van der Waals surface area contributed by atoms with E-state index in [0.29, 0.717) is 23.7 Å². The Morgan fingerprint density at radius 2 is 1.40 bits per heavy atom. The average Bonchev–Trinajstić information content (AvgIpc) is 3.40. The van der Waals surface area contributed by atoms with Crippen LogP contribution in [0.1, 0.15) is 5.56 Å². The molecule has 7 nitrogen and oxygen atoms in total. The summed E-state index contributed by atoms with van der Waals surface area (Å²) in [6, 6.07) is 36.8. The van der Waals surface area contributed by atoms with Gasteiger partial charge in [0, 0.05) is 23.4 Å². The number of anilines is 2. The third-order valence-electron chi connectivity index (χ3n) is 6.45. The minimum Gasteiger partial charge on any atom is -0.437 e. The maximum absolute atomic E-state index is 12.2. The normalized spacial score (nSPS) is 10.8. The van der Waals surface area contributed by atoms with Gasteiger partial charge in [0.1, 0.15) is 23.7 Å². The molecule has 0 aliphatic rings. The molecule has 6 aromatic rings. The molecule has 2 aromatic heterocycles. The van der Waals surface area contributed by atoms with E-state index in [2.05, 4.69) is 32.7 Å². The number of hydrogen-bond acceptors (Lipinski definition) is 6. The maximum atomic E-state index is 12.2. The van der Waals surface area contributed by atoms with Crippen molar-refractivity contribution in [2.24, 2.45) is 0 Å². The van der Waals surface area contributed by atoms with Crippen LogP contribution in [0.5, 0.6) is 5.75 Å². The molecule has 0 spiro atoms. The quantitative estimate of drug-likeness (QED) is 0.210. The van der Waals surface area contributed by atoms with Crippen LogP contribution in [0.15, 0.2) is 126 Å². The predicted molar refractivity (Wildman–Crippen MR) is 157 cm³/mol. The minimum atomic E-state index is -0.530. The number of benzene rings is 4. The summed E-state index contributed by atoms with van der Waals surface area (Å²) in [5.74, 6) is 1.97. The van der Waals surface area contributed by atoms with Gasteiger partial charge in [-0.15, -0.1) is 0 Å². The first-order chi connectivity index (χ1) is 19.7. The molecule has 0 saturated carbocycles. The van der Waals surface area contributed by atoms with Gasteiger partial charge in [-0.3, -0.25) is 5.32 Å². The monoisotopic (exact) mass is 526 g/mol. The van der Waals surface area contributed by atoms with Crippen LogP contribution in [-0.4, -0.2) is 22.6 Å². The number of para-hydroxylation sites is 1. The molecule has 196 valence electrons. The summed E-state index contributed by atoms with van der Waals surface area (Å²) in [6.45, 7) is 0.648. The second-order valence-electron chi connectivity index (χ2n) is 9.14. The fourth-order valence-electron chi connectivity index (χ4n) is 4.56. The van der Waals surface area contributed by atoms with Gasteiger partial charge in [0.05, 0.1) is 5.39 Å². The van der Waals surface area contributed by atoms with Crippen molar-refractivity contribution in [3.8, 4) is 28.2 Å². The molecule has 0 radical (unpaired) electrons. The van der Waals surface area contributed by atoms with E-state index in [1.54, 1.807) is 12.1 Å². The SMILES string of the molecule is O=C(Nc1ccc(CCNc2ncnc3oc(-c4ccccc4)c(-c4ccccc4)c23)cc1)Oc1ccccc1. The number of rotatable bonds is 8. The van der Waals surface area contributed by atoms with Crippen LogP contribution in [0.3, 0.4) is 0 Å². The number of furan rings is 1. The summed E-state index contributed by atoms with van der Waals surface area (Å²) < 4.78 is 11.6. The highest BCUT2D eigenvalue weighted by molar-refractivity contribution is 6.05. The maximum Gasteiger partial charge on any atom is 0.417 e. The van der Waals surface area contributed by atoms with E-state index in [1.165, 1.54) is 6.33 Å². The topological polar surface area (TPSA) is 89.3 Å². The van der Waals surface area contributed by atoms with Gasteiger partial charge in [0.15, 0.2) is 0 Å². The van der Waals surface area contributed by atoms with E-state index >= 15 is 0 Å². The Balaban J connectivity index is 1.18. The number of hydrogen-bond donors (Lipinski definition) is 2. The summed E-state index contributed by atoms with van der Waals surface area (Å²) in [7, 11) is 0. The number of ether oxygens (including phenoxy) is 1. The van der Waals surface area contributed by atoms with Crippen molar-refractivity contribution in [1.82, 2.24) is 9.97 Å². The standard InChI is InChI=1S/C33H26N4O3/c38-33(39-27-14-8-3-9-15-27)37-26-18-16-23(17-19-26)20-21-34-31-29-28(24-10-4-1-5-11-24)30(25-12-6-2-7-13-25)40-32(29)36-22-35-31/h1-19,22H,20-21H2,(H,37,38)(H,34,35,36). The molecule has 7 heteroatoms. The van der Waals surface area contributed by atoms with Crippen LogP contribution in [0.25, 0.3) is 33.6 Å². The Labute approximate surface area is 231 Å². The zero-order valence-corrected chi connectivity index (χ0v) is 21.6. The Kier molecular flexibility index (Phi) is 7.17. The number of carbonyl (C=O) groups is 1. The zero-order valence-electron chi connectivity index (χ0n) is 21.6. The van der Waals surface area contributed by atoms with E-state index in [0.717, 1.165) is 45.6 Å². The van der Waals surface area contributed by atoms with Gasteiger partial charge in [-0.25, -0.2) is 14.8 Å². The lowest BCUT2D eigenvalue weighted by molar-refractivity contribution is 0.215. The lowest BCUT2D eigenvalue weighted by atomic mass is 9.99. The van der Waals surface area contributed by atoms with Crippen molar-refractivity contribution in [2.45, 2.75) is 6.42 Å². The number of fused-ring (bicyclic) bond motifs is 1. The second kappa shape index (κ2) is 11.5. The average molecular weight is 527 g/mol. The van der Waals surface area contributed by atoms with Crippen LogP contribution in [0.4, 0.5) is 16.3 Å². The first kappa shape index (κ1) is 24.9. The molecule has 0 saturated heterocycles. The molecule has 1 amide bonds. The van der Waals surface area contributed by atoms with E-state index in [1.807, 2.05) is 91.0 Å². The molecule has 2 N–H and O–H groups in total. The fraction of sp³-hybridized carbons (Fsp3) is 0.0606. The van der Waals surface area contributed by atoms with Gasteiger partial charge < -0.3 is 14.5 Å². The smallest absolute Gasteiger partial charge is 0.417 e. The van der Waals surface area contributed by atoms with Crippen LogP contribution >= 0.6 is 0 Å². The molecule has 0 aliphatic carbocycles. The van der Waals surface area contributed by atoms with Crippen molar-refractivity contribution in [3.63, 3.8) is 0 Å². The molecule has 0 atom stereocenters. The molecule has 4 aromatic carbocycles. The summed E-state index contributed by atoms with van der Waals surface area (Å²) in [6.07, 6.45) is 1.74. The predicted octanol–water partition coefficient (Wildman–Crippen LogP) is 7.82. The molecule has 0 aliphatic heterocycles. The van der Waals surface area contributed by atoms with Crippen molar-refractivity contribution in [1.29, 1.82) is 0 Å². The van der Waals surface area contributed by atoms with Gasteiger partial charge in [0.25, 0.3) is 0 Å². The van der Waals surface area contributed by atoms with Gasteiger partial charge in [-0.1, -0.05) is 91.0 Å². The van der Waals surface area contributed by atoms with Crippen LogP contribution in [-0.2, 0) is 6.42 Å². The van der Waals surface area contributed by atoms with Gasteiger partial charge in [-0.2, -0.15) is 0 Å². The molecule has 2 heterocycles. The molecule has 0 fully saturated rings. The van der Waals surface area contributed by atoms with Crippen molar-refractivity contribution in [2.75, 3.05) is 17.2 Å². The van der Waals surface area contributed by atoms with Crippen molar-refractivity contribution in [3.05, 3.63) is 127 Å². The van der Waals surface area contributed by atoms with Crippen molar-refractivity contribution >= 4 is 28.7 Å². The Morgan fingerprint density at radius 3 is 2.10 bits per heavy atom. The molecular weight excluding hydrogens is 500 g/mol.